The van der Waals surface area contributed by atoms with Crippen molar-refractivity contribution in [1.29, 1.82) is 0 Å². The predicted molar refractivity (Wildman–Crippen MR) is 112 cm³/mol. The number of ether oxygens (including phenoxy) is 2. The number of nitrogens with one attached hydrogen (secondary N) is 1. The fourth-order valence-electron chi connectivity index (χ4n) is 3.83. The third kappa shape index (κ3) is 5.53. The van der Waals surface area contributed by atoms with E-state index in [0.29, 0.717) is 34.4 Å². The zero-order chi connectivity index (χ0) is 20.2. The molecule has 0 bridgehead atoms. The molecule has 1 aromatic carbocycles. The Morgan fingerprint density at radius 1 is 1.07 bits per heavy atom. The maximum Gasteiger partial charge on any atom is 0.258 e. The van der Waals surface area contributed by atoms with E-state index in [1.54, 1.807) is 12.1 Å². The van der Waals surface area contributed by atoms with Crippen LogP contribution in [0.25, 0.3) is 0 Å². The van der Waals surface area contributed by atoms with Crippen LogP contribution in [0.5, 0.6) is 11.6 Å². The summed E-state index contributed by atoms with van der Waals surface area (Å²) in [6.07, 6.45) is 2.47. The Balaban J connectivity index is 1.08. The molecule has 0 spiro atoms. The van der Waals surface area contributed by atoms with E-state index in [1.165, 1.54) is 6.20 Å². The van der Waals surface area contributed by atoms with E-state index in [0.717, 1.165) is 31.8 Å². The minimum atomic E-state index is -0.107. The van der Waals surface area contributed by atoms with Gasteiger partial charge in [0.25, 0.3) is 5.91 Å². The van der Waals surface area contributed by atoms with Crippen LogP contribution in [0.1, 0.15) is 6.42 Å². The van der Waals surface area contributed by atoms with Crippen molar-refractivity contribution in [1.82, 2.24) is 15.2 Å². The van der Waals surface area contributed by atoms with Gasteiger partial charge >= 0.3 is 0 Å². The molecule has 154 valence electrons. The zero-order valence-electron chi connectivity index (χ0n) is 15.9. The van der Waals surface area contributed by atoms with Gasteiger partial charge in [-0.25, -0.2) is 4.98 Å². The molecule has 2 heterocycles. The van der Waals surface area contributed by atoms with Crippen LogP contribution in [0.4, 0.5) is 0 Å². The predicted octanol–water partition coefficient (Wildman–Crippen LogP) is 3.28. The van der Waals surface area contributed by atoms with Crippen molar-refractivity contribution in [3.05, 3.63) is 52.6 Å². The molecule has 1 saturated heterocycles. The van der Waals surface area contributed by atoms with Crippen LogP contribution in [-0.4, -0.2) is 54.7 Å². The second kappa shape index (κ2) is 9.20. The highest BCUT2D eigenvalue weighted by molar-refractivity contribution is 6.30. The molecule has 8 heteroatoms. The van der Waals surface area contributed by atoms with Gasteiger partial charge in [-0.05, 0) is 48.6 Å². The topological polar surface area (TPSA) is 63.7 Å². The third-order valence-corrected chi connectivity index (χ3v) is 5.83. The summed E-state index contributed by atoms with van der Waals surface area (Å²) in [7, 11) is 0. The standard InChI is InChI=1S/C21H23Cl2N3O3/c22-14-2-5-16(6-3-14)28-9-1-8-26-11-17-18(12-26)21(17)25-19(27)13-29-20-7-4-15(23)10-24-20/h2-7,10,17-18,21H,1,8-9,11-13H2,(H,25,27)/t17-,18+,21?. The number of amides is 1. The Labute approximate surface area is 180 Å². The van der Waals surface area contributed by atoms with Gasteiger partial charge in [-0.1, -0.05) is 23.2 Å². The summed E-state index contributed by atoms with van der Waals surface area (Å²) in [5.74, 6) is 2.23. The molecule has 2 aromatic rings. The van der Waals surface area contributed by atoms with Crippen LogP contribution in [0.15, 0.2) is 42.6 Å². The fraction of sp³-hybridized carbons (Fsp3) is 0.429. The number of aromatic nitrogens is 1. The first-order chi connectivity index (χ1) is 14.1. The Hall–Kier alpha value is -2.02. The number of nitrogens with zero attached hydrogens (tertiary/aromatic N) is 2. The van der Waals surface area contributed by atoms with E-state index < -0.39 is 0 Å². The van der Waals surface area contributed by atoms with E-state index in [2.05, 4.69) is 15.2 Å². The SMILES string of the molecule is O=C(COc1ccc(Cl)cn1)NC1[C@H]2CN(CCCOc3ccc(Cl)cc3)C[C@@H]12. The van der Waals surface area contributed by atoms with E-state index in [9.17, 15) is 4.79 Å². The van der Waals surface area contributed by atoms with Gasteiger partial charge in [0.1, 0.15) is 5.75 Å². The molecule has 1 N–H and O–H groups in total. The summed E-state index contributed by atoms with van der Waals surface area (Å²) in [5.41, 5.74) is 0. The van der Waals surface area contributed by atoms with Crippen molar-refractivity contribution in [2.45, 2.75) is 12.5 Å². The maximum atomic E-state index is 12.1. The van der Waals surface area contributed by atoms with Crippen molar-refractivity contribution in [3.8, 4) is 11.6 Å². The number of carbonyl (C=O) groups is 1. The first-order valence-corrected chi connectivity index (χ1v) is 10.5. The van der Waals surface area contributed by atoms with Crippen molar-refractivity contribution in [2.75, 3.05) is 32.8 Å². The van der Waals surface area contributed by atoms with Gasteiger partial charge in [-0.15, -0.1) is 0 Å². The number of hydrogen-bond acceptors (Lipinski definition) is 5. The van der Waals surface area contributed by atoms with Gasteiger partial charge < -0.3 is 19.7 Å². The maximum absolute atomic E-state index is 12.1. The lowest BCUT2D eigenvalue weighted by Crippen LogP contribution is -2.37. The number of benzene rings is 1. The summed E-state index contributed by atoms with van der Waals surface area (Å²) in [6, 6.07) is 11.0. The van der Waals surface area contributed by atoms with Crippen molar-refractivity contribution in [3.63, 3.8) is 0 Å². The summed E-state index contributed by atoms with van der Waals surface area (Å²) in [4.78, 5) is 18.5. The Bertz CT molecular complexity index is 820. The third-order valence-electron chi connectivity index (χ3n) is 5.35. The number of carbonyl (C=O) groups excluding carboxylic acids is 1. The minimum Gasteiger partial charge on any atom is -0.494 e. The second-order valence-electron chi connectivity index (χ2n) is 7.44. The molecular formula is C21H23Cl2N3O3. The average Bonchev–Trinajstić information content (AvgIpc) is 3.15. The largest absolute Gasteiger partial charge is 0.494 e. The van der Waals surface area contributed by atoms with Gasteiger partial charge in [0, 0.05) is 43.0 Å². The highest BCUT2D eigenvalue weighted by Crippen LogP contribution is 2.45. The highest BCUT2D eigenvalue weighted by atomic mass is 35.5. The molecule has 2 aliphatic rings. The molecule has 6 nitrogen and oxygen atoms in total. The lowest BCUT2D eigenvalue weighted by molar-refractivity contribution is -0.123. The molecule has 1 unspecified atom stereocenters. The molecule has 3 atom stereocenters. The van der Waals surface area contributed by atoms with Crippen LogP contribution >= 0.6 is 23.2 Å². The molecule has 29 heavy (non-hydrogen) atoms. The summed E-state index contributed by atoms with van der Waals surface area (Å²) in [6.45, 7) is 3.71. The van der Waals surface area contributed by atoms with Gasteiger partial charge in [-0.2, -0.15) is 0 Å². The summed E-state index contributed by atoms with van der Waals surface area (Å²) >= 11 is 11.6. The van der Waals surface area contributed by atoms with Gasteiger partial charge in [0.2, 0.25) is 5.88 Å². The molecule has 1 saturated carbocycles. The molecule has 1 aromatic heterocycles. The van der Waals surface area contributed by atoms with E-state index >= 15 is 0 Å². The monoisotopic (exact) mass is 435 g/mol. The van der Waals surface area contributed by atoms with Crippen molar-refractivity contribution in [2.24, 2.45) is 11.8 Å². The average molecular weight is 436 g/mol. The van der Waals surface area contributed by atoms with Crippen LogP contribution < -0.4 is 14.8 Å². The Morgan fingerprint density at radius 3 is 2.48 bits per heavy atom. The lowest BCUT2D eigenvalue weighted by atomic mass is 10.3. The number of fused-ring (bicyclic) bond motifs is 1. The van der Waals surface area contributed by atoms with Crippen LogP contribution in [-0.2, 0) is 4.79 Å². The molecular weight excluding hydrogens is 413 g/mol. The molecule has 1 amide bonds. The van der Waals surface area contributed by atoms with E-state index in [-0.39, 0.29) is 18.6 Å². The number of piperidine rings is 1. The van der Waals surface area contributed by atoms with Gasteiger partial charge in [0.15, 0.2) is 6.61 Å². The van der Waals surface area contributed by atoms with Crippen LogP contribution in [0, 0.1) is 11.8 Å². The number of rotatable bonds is 9. The van der Waals surface area contributed by atoms with Crippen molar-refractivity contribution >= 4 is 29.1 Å². The van der Waals surface area contributed by atoms with Crippen LogP contribution in [0.2, 0.25) is 10.0 Å². The van der Waals surface area contributed by atoms with E-state index in [1.807, 2.05) is 24.3 Å². The quantitative estimate of drug-likeness (QED) is 0.612. The number of hydrogen-bond donors (Lipinski definition) is 1. The fourth-order valence-corrected chi connectivity index (χ4v) is 4.07. The summed E-state index contributed by atoms with van der Waals surface area (Å²) in [5, 5.41) is 4.32. The lowest BCUT2D eigenvalue weighted by Gasteiger charge is -2.19. The molecule has 4 rings (SSSR count). The Morgan fingerprint density at radius 2 is 1.79 bits per heavy atom. The Kier molecular flexibility index (Phi) is 6.43. The zero-order valence-corrected chi connectivity index (χ0v) is 17.4. The molecule has 1 aliphatic carbocycles. The molecule has 0 radical (unpaired) electrons. The number of halogens is 2. The van der Waals surface area contributed by atoms with Crippen molar-refractivity contribution < 1.29 is 14.3 Å². The smallest absolute Gasteiger partial charge is 0.258 e. The number of likely N-dealkylation sites (tertiary alicyclic amines) is 1. The first kappa shape index (κ1) is 20.3. The minimum absolute atomic E-state index is 0.0314. The highest BCUT2D eigenvalue weighted by Gasteiger charge is 2.56. The number of pyridine rings is 1. The van der Waals surface area contributed by atoms with Gasteiger partial charge in [0.05, 0.1) is 11.6 Å². The normalized spacial score (nSPS) is 22.8. The second-order valence-corrected chi connectivity index (χ2v) is 8.31. The summed E-state index contributed by atoms with van der Waals surface area (Å²) < 4.78 is 11.1. The molecule has 2 fully saturated rings. The first-order valence-electron chi connectivity index (χ1n) is 9.73. The van der Waals surface area contributed by atoms with Crippen LogP contribution in [0.3, 0.4) is 0 Å². The van der Waals surface area contributed by atoms with Gasteiger partial charge in [-0.3, -0.25) is 4.79 Å². The molecule has 1 aliphatic heterocycles. The van der Waals surface area contributed by atoms with E-state index in [4.69, 9.17) is 32.7 Å².